The van der Waals surface area contributed by atoms with E-state index in [2.05, 4.69) is 17.6 Å². The predicted molar refractivity (Wildman–Crippen MR) is 114 cm³/mol. The first kappa shape index (κ1) is 18.1. The van der Waals surface area contributed by atoms with Gasteiger partial charge in [0.05, 0.1) is 10.6 Å². The van der Waals surface area contributed by atoms with Crippen molar-refractivity contribution in [2.45, 2.75) is 32.4 Å². The number of hydrogen-bond donors (Lipinski definition) is 2. The third-order valence-corrected chi connectivity index (χ3v) is 7.13. The van der Waals surface area contributed by atoms with Crippen LogP contribution in [0, 0.1) is 5.92 Å². The smallest absolute Gasteiger partial charge is 0.256 e. The number of amides is 1. The Morgan fingerprint density at radius 2 is 2.04 bits per heavy atom. The van der Waals surface area contributed by atoms with Gasteiger partial charge in [0.15, 0.2) is 6.17 Å². The minimum absolute atomic E-state index is 0.0340. The van der Waals surface area contributed by atoms with Crippen molar-refractivity contribution >= 4 is 45.4 Å². The van der Waals surface area contributed by atoms with E-state index in [1.165, 1.54) is 10.4 Å². The van der Waals surface area contributed by atoms with Gasteiger partial charge in [-0.1, -0.05) is 30.1 Å². The molecule has 2 atom stereocenters. The predicted octanol–water partition coefficient (Wildman–Crippen LogP) is 6.29. The molecule has 7 heteroatoms. The lowest BCUT2D eigenvalue weighted by Crippen LogP contribution is -2.38. The molecule has 1 aromatic carbocycles. The van der Waals surface area contributed by atoms with Gasteiger partial charge in [-0.2, -0.15) is 0 Å². The Balaban J connectivity index is 1.45. The van der Waals surface area contributed by atoms with Crippen molar-refractivity contribution in [2.75, 3.05) is 5.32 Å². The largest absolute Gasteiger partial charge is 0.457 e. The zero-order valence-corrected chi connectivity index (χ0v) is 17.5. The highest BCUT2D eigenvalue weighted by Crippen LogP contribution is 2.43. The van der Waals surface area contributed by atoms with E-state index >= 15 is 0 Å². The van der Waals surface area contributed by atoms with Gasteiger partial charge in [-0.25, -0.2) is 0 Å². The Morgan fingerprint density at radius 1 is 1.18 bits per heavy atom. The highest BCUT2D eigenvalue weighted by Gasteiger charge is 2.34. The molecular formula is C21H18Cl2N2O2S. The van der Waals surface area contributed by atoms with Gasteiger partial charge in [-0.05, 0) is 61.1 Å². The van der Waals surface area contributed by atoms with E-state index in [0.717, 1.165) is 35.4 Å². The first-order valence-corrected chi connectivity index (χ1v) is 10.8. The molecule has 0 bridgehead atoms. The summed E-state index contributed by atoms with van der Waals surface area (Å²) < 4.78 is 6.01. The molecule has 0 fully saturated rings. The molecule has 1 amide bonds. The normalized spacial score (nSPS) is 20.9. The number of fused-ring (bicyclic) bond motifs is 3. The van der Waals surface area contributed by atoms with E-state index in [4.69, 9.17) is 27.6 Å². The Hall–Kier alpha value is -1.95. The molecule has 4 nitrogen and oxygen atoms in total. The Morgan fingerprint density at radius 3 is 2.86 bits per heavy atom. The molecule has 3 heterocycles. The maximum atomic E-state index is 12.8. The zero-order chi connectivity index (χ0) is 19.4. The van der Waals surface area contributed by atoms with Gasteiger partial charge in [0, 0.05) is 15.5 Å². The number of carbonyl (C=O) groups excluding carboxylic acids is 1. The summed E-state index contributed by atoms with van der Waals surface area (Å²) in [6, 6.07) is 9.00. The summed E-state index contributed by atoms with van der Waals surface area (Å²) in [7, 11) is 0. The van der Waals surface area contributed by atoms with Crippen LogP contribution in [0.15, 0.2) is 34.7 Å². The monoisotopic (exact) mass is 432 g/mol. The molecule has 0 saturated heterocycles. The fraction of sp³-hybridized carbons (Fsp3) is 0.286. The van der Waals surface area contributed by atoms with Crippen molar-refractivity contribution in [1.82, 2.24) is 5.32 Å². The Kier molecular flexibility index (Phi) is 4.42. The van der Waals surface area contributed by atoms with Crippen molar-refractivity contribution in [3.8, 4) is 11.3 Å². The number of thiophene rings is 1. The number of rotatable bonds is 2. The second-order valence-electron chi connectivity index (χ2n) is 7.43. The molecule has 2 unspecified atom stereocenters. The van der Waals surface area contributed by atoms with E-state index < -0.39 is 6.17 Å². The molecule has 144 valence electrons. The van der Waals surface area contributed by atoms with E-state index in [9.17, 15) is 4.79 Å². The Bertz CT molecular complexity index is 1090. The van der Waals surface area contributed by atoms with Crippen molar-refractivity contribution < 1.29 is 9.21 Å². The van der Waals surface area contributed by atoms with E-state index in [1.54, 1.807) is 23.5 Å². The van der Waals surface area contributed by atoms with Crippen LogP contribution in [-0.4, -0.2) is 5.91 Å². The van der Waals surface area contributed by atoms with E-state index in [0.29, 0.717) is 27.5 Å². The first-order valence-electron chi connectivity index (χ1n) is 9.26. The van der Waals surface area contributed by atoms with Crippen LogP contribution in [-0.2, 0) is 12.8 Å². The van der Waals surface area contributed by atoms with Crippen LogP contribution in [0.3, 0.4) is 0 Å². The van der Waals surface area contributed by atoms with Crippen LogP contribution in [0.4, 0.5) is 5.00 Å². The summed E-state index contributed by atoms with van der Waals surface area (Å²) in [4.78, 5) is 14.2. The van der Waals surface area contributed by atoms with Crippen LogP contribution in [0.5, 0.6) is 0 Å². The van der Waals surface area contributed by atoms with Crippen LogP contribution in [0.25, 0.3) is 11.3 Å². The molecule has 0 radical (unpaired) electrons. The average Bonchev–Trinajstić information content (AvgIpc) is 3.25. The minimum atomic E-state index is -0.405. The van der Waals surface area contributed by atoms with Gasteiger partial charge in [0.25, 0.3) is 5.91 Å². The molecule has 0 spiro atoms. The number of carbonyl (C=O) groups is 1. The summed E-state index contributed by atoms with van der Waals surface area (Å²) >= 11 is 14.0. The number of furan rings is 1. The quantitative estimate of drug-likeness (QED) is 0.499. The maximum Gasteiger partial charge on any atom is 0.256 e. The number of nitrogens with one attached hydrogen (secondary N) is 2. The molecular weight excluding hydrogens is 415 g/mol. The second-order valence-corrected chi connectivity index (χ2v) is 9.38. The van der Waals surface area contributed by atoms with Crippen LogP contribution < -0.4 is 10.6 Å². The van der Waals surface area contributed by atoms with Gasteiger partial charge < -0.3 is 15.1 Å². The Labute approximate surface area is 176 Å². The molecule has 1 aliphatic carbocycles. The lowest BCUT2D eigenvalue weighted by Gasteiger charge is -2.25. The van der Waals surface area contributed by atoms with Gasteiger partial charge in [-0.15, -0.1) is 11.3 Å². The van der Waals surface area contributed by atoms with Gasteiger partial charge in [0.2, 0.25) is 0 Å². The lowest BCUT2D eigenvalue weighted by atomic mass is 9.88. The number of halogens is 2. The number of anilines is 1. The lowest BCUT2D eigenvalue weighted by molar-refractivity contribution is 0.0930. The fourth-order valence-electron chi connectivity index (χ4n) is 3.95. The molecule has 2 aliphatic rings. The third-order valence-electron chi connectivity index (χ3n) is 5.40. The van der Waals surface area contributed by atoms with Gasteiger partial charge >= 0.3 is 0 Å². The third kappa shape index (κ3) is 3.02. The molecule has 1 aliphatic heterocycles. The summed E-state index contributed by atoms with van der Waals surface area (Å²) in [5.74, 6) is 1.91. The second kappa shape index (κ2) is 6.83. The zero-order valence-electron chi connectivity index (χ0n) is 15.1. The van der Waals surface area contributed by atoms with E-state index in [1.807, 2.05) is 18.2 Å². The van der Waals surface area contributed by atoms with Crippen LogP contribution in [0.2, 0.25) is 10.0 Å². The molecule has 5 rings (SSSR count). The number of hydrogen-bond acceptors (Lipinski definition) is 4. The van der Waals surface area contributed by atoms with Crippen molar-refractivity contribution in [3.63, 3.8) is 0 Å². The van der Waals surface area contributed by atoms with Crippen molar-refractivity contribution in [3.05, 3.63) is 62.1 Å². The minimum Gasteiger partial charge on any atom is -0.457 e. The molecule has 28 heavy (non-hydrogen) atoms. The van der Waals surface area contributed by atoms with Crippen LogP contribution >= 0.6 is 34.5 Å². The standard InChI is InChI=1S/C21H18Cl2N2O2S/c1-10-2-4-13-17(8-10)28-21-18(13)20(26)24-19(25-21)16-7-6-15(27-16)12-5-3-11(22)9-14(12)23/h3,5-7,9-10,19,25H,2,4,8H2,1H3,(H,24,26). The summed E-state index contributed by atoms with van der Waals surface area (Å²) in [6.45, 7) is 2.27. The maximum absolute atomic E-state index is 12.8. The van der Waals surface area contributed by atoms with E-state index in [-0.39, 0.29) is 5.91 Å². The van der Waals surface area contributed by atoms with Gasteiger partial charge in [-0.3, -0.25) is 4.79 Å². The average molecular weight is 433 g/mol. The highest BCUT2D eigenvalue weighted by molar-refractivity contribution is 7.16. The molecule has 0 saturated carbocycles. The number of benzene rings is 1. The van der Waals surface area contributed by atoms with Gasteiger partial charge in [0.1, 0.15) is 16.5 Å². The molecule has 2 N–H and O–H groups in total. The fourth-order valence-corrected chi connectivity index (χ4v) is 5.89. The molecule has 3 aromatic rings. The van der Waals surface area contributed by atoms with Crippen molar-refractivity contribution in [1.29, 1.82) is 0 Å². The first-order chi connectivity index (χ1) is 13.5. The topological polar surface area (TPSA) is 54.3 Å². The van der Waals surface area contributed by atoms with Crippen molar-refractivity contribution in [2.24, 2.45) is 5.92 Å². The highest BCUT2D eigenvalue weighted by atomic mass is 35.5. The SMILES string of the molecule is CC1CCc2c(sc3c2C(=O)NC(c2ccc(-c4ccc(Cl)cc4Cl)o2)N3)C1. The van der Waals surface area contributed by atoms with Crippen LogP contribution in [0.1, 0.15) is 46.1 Å². The molecule has 2 aromatic heterocycles. The summed E-state index contributed by atoms with van der Waals surface area (Å²) in [6.07, 6.45) is 2.75. The summed E-state index contributed by atoms with van der Waals surface area (Å²) in [5, 5.41) is 8.52. The summed E-state index contributed by atoms with van der Waals surface area (Å²) in [5.41, 5.74) is 2.80.